The van der Waals surface area contributed by atoms with Crippen LogP contribution in [0.3, 0.4) is 0 Å². The van der Waals surface area contributed by atoms with Crippen LogP contribution in [-0.4, -0.2) is 0 Å². The average molecular weight is 193 g/mol. The molecule has 1 heteroatoms. The van der Waals surface area contributed by atoms with Crippen molar-refractivity contribution in [1.29, 1.82) is 0 Å². The lowest BCUT2D eigenvalue weighted by Crippen LogP contribution is -2.62. The molecule has 0 aliphatic heterocycles. The van der Waals surface area contributed by atoms with Crippen LogP contribution in [0.2, 0.25) is 5.02 Å². The minimum absolute atomic E-state index is 0.555. The number of hydrogen-bond donors (Lipinski definition) is 0. The van der Waals surface area contributed by atoms with Crippen LogP contribution in [0.5, 0.6) is 0 Å². The third-order valence-corrected chi connectivity index (χ3v) is 4.00. The molecule has 2 bridgehead atoms. The van der Waals surface area contributed by atoms with E-state index in [1.807, 2.05) is 12.1 Å². The fourth-order valence-corrected chi connectivity index (χ4v) is 3.53. The maximum atomic E-state index is 5.86. The van der Waals surface area contributed by atoms with Crippen LogP contribution in [-0.2, 0) is 5.41 Å². The predicted octanol–water partition coefficient (Wildman–Crippen LogP) is 3.78. The molecule has 68 valence electrons. The van der Waals surface area contributed by atoms with E-state index in [1.54, 1.807) is 0 Å². The maximum Gasteiger partial charge on any atom is 0.0406 e. The molecule has 0 spiro atoms. The highest BCUT2D eigenvalue weighted by atomic mass is 35.5. The molecule has 1 aromatic rings. The summed E-state index contributed by atoms with van der Waals surface area (Å²) in [6, 6.07) is 8.42. The smallest absolute Gasteiger partial charge is 0.0406 e. The number of rotatable bonds is 1. The number of halogens is 1. The van der Waals surface area contributed by atoms with E-state index in [4.69, 9.17) is 11.6 Å². The zero-order chi connectivity index (χ0) is 9.10. The third-order valence-electron chi connectivity index (χ3n) is 3.75. The van der Waals surface area contributed by atoms with E-state index in [9.17, 15) is 0 Å². The highest BCUT2D eigenvalue weighted by Crippen LogP contribution is 2.73. The molecule has 4 rings (SSSR count). The minimum atomic E-state index is 0.555. The summed E-state index contributed by atoms with van der Waals surface area (Å²) < 4.78 is 0. The van der Waals surface area contributed by atoms with E-state index in [2.05, 4.69) is 19.1 Å². The van der Waals surface area contributed by atoms with Crippen LogP contribution < -0.4 is 0 Å². The van der Waals surface area contributed by atoms with Crippen molar-refractivity contribution in [2.75, 3.05) is 0 Å². The Hall–Kier alpha value is -0.490. The molecule has 0 amide bonds. The molecule has 3 aliphatic rings. The molecule has 0 unspecified atom stereocenters. The van der Waals surface area contributed by atoms with Crippen molar-refractivity contribution >= 4 is 11.6 Å². The van der Waals surface area contributed by atoms with E-state index in [0.29, 0.717) is 10.8 Å². The topological polar surface area (TPSA) is 0 Å². The SMILES string of the molecule is CC12CC(c3ccc(Cl)cc3)(C1)C2. The largest absolute Gasteiger partial charge is 0.0843 e. The van der Waals surface area contributed by atoms with Gasteiger partial charge in [-0.2, -0.15) is 0 Å². The van der Waals surface area contributed by atoms with Gasteiger partial charge in [0.05, 0.1) is 0 Å². The summed E-state index contributed by atoms with van der Waals surface area (Å²) in [5, 5.41) is 0.849. The Morgan fingerprint density at radius 3 is 2.08 bits per heavy atom. The van der Waals surface area contributed by atoms with E-state index < -0.39 is 0 Å². The highest BCUT2D eigenvalue weighted by Gasteiger charge is 2.65. The molecule has 0 atom stereocenters. The summed E-state index contributed by atoms with van der Waals surface area (Å²) in [5.74, 6) is 0. The quantitative estimate of drug-likeness (QED) is 0.635. The summed E-state index contributed by atoms with van der Waals surface area (Å²) in [6.45, 7) is 2.39. The molecule has 0 aromatic heterocycles. The predicted molar refractivity (Wildman–Crippen MR) is 55.1 cm³/mol. The van der Waals surface area contributed by atoms with Gasteiger partial charge in [-0.25, -0.2) is 0 Å². The molecule has 13 heavy (non-hydrogen) atoms. The van der Waals surface area contributed by atoms with Crippen LogP contribution in [0.15, 0.2) is 24.3 Å². The average Bonchev–Trinajstić information content (AvgIpc) is 1.99. The summed E-state index contributed by atoms with van der Waals surface area (Å²) in [6.07, 6.45) is 4.17. The van der Waals surface area contributed by atoms with Gasteiger partial charge in [0.1, 0.15) is 0 Å². The normalized spacial score (nSPS) is 40.8. The Balaban J connectivity index is 1.91. The molecule has 0 nitrogen and oxygen atoms in total. The second-order valence-corrected chi connectivity index (χ2v) is 5.56. The van der Waals surface area contributed by atoms with Crippen LogP contribution >= 0.6 is 11.6 Å². The molecular weight excluding hydrogens is 180 g/mol. The second-order valence-electron chi connectivity index (χ2n) is 5.13. The Bertz CT molecular complexity index is 330. The molecular formula is C12H13Cl. The van der Waals surface area contributed by atoms with Gasteiger partial charge in [0.2, 0.25) is 0 Å². The van der Waals surface area contributed by atoms with Gasteiger partial charge in [-0.05, 0) is 47.8 Å². The van der Waals surface area contributed by atoms with E-state index in [-0.39, 0.29) is 0 Å². The lowest BCUT2D eigenvalue weighted by Gasteiger charge is -2.70. The first-order valence-corrected chi connectivity index (χ1v) is 5.26. The standard InChI is InChI=1S/C12H13Cl/c1-11-6-12(7-11,8-11)9-2-4-10(13)5-3-9/h2-5H,6-8H2,1H3. The van der Waals surface area contributed by atoms with Crippen LogP contribution in [0.4, 0.5) is 0 Å². The zero-order valence-corrected chi connectivity index (χ0v) is 8.56. The first-order valence-electron chi connectivity index (χ1n) is 4.88. The van der Waals surface area contributed by atoms with Crippen LogP contribution in [0.25, 0.3) is 0 Å². The van der Waals surface area contributed by atoms with Gasteiger partial charge >= 0.3 is 0 Å². The van der Waals surface area contributed by atoms with Gasteiger partial charge in [0.25, 0.3) is 0 Å². The minimum Gasteiger partial charge on any atom is -0.0843 e. The number of hydrogen-bond acceptors (Lipinski definition) is 0. The van der Waals surface area contributed by atoms with Gasteiger partial charge in [-0.15, -0.1) is 0 Å². The molecule has 0 N–H and O–H groups in total. The van der Waals surface area contributed by atoms with Crippen molar-refractivity contribution in [1.82, 2.24) is 0 Å². The summed E-state index contributed by atoms with van der Waals surface area (Å²) in [5.41, 5.74) is 2.75. The fraction of sp³-hybridized carbons (Fsp3) is 0.500. The van der Waals surface area contributed by atoms with Crippen molar-refractivity contribution in [2.45, 2.75) is 31.6 Å². The van der Waals surface area contributed by atoms with E-state index in [1.165, 1.54) is 24.8 Å². The lowest BCUT2D eigenvalue weighted by atomic mass is 9.34. The summed E-state index contributed by atoms with van der Waals surface area (Å²) in [4.78, 5) is 0. The molecule has 0 radical (unpaired) electrons. The maximum absolute atomic E-state index is 5.86. The lowest BCUT2D eigenvalue weighted by molar-refractivity contribution is -0.125. The Morgan fingerprint density at radius 2 is 1.62 bits per heavy atom. The van der Waals surface area contributed by atoms with Crippen molar-refractivity contribution in [3.63, 3.8) is 0 Å². The summed E-state index contributed by atoms with van der Waals surface area (Å²) >= 11 is 5.86. The van der Waals surface area contributed by atoms with Crippen LogP contribution in [0.1, 0.15) is 31.7 Å². The van der Waals surface area contributed by atoms with Gasteiger partial charge < -0.3 is 0 Å². The first kappa shape index (κ1) is 7.87. The van der Waals surface area contributed by atoms with Crippen LogP contribution in [0, 0.1) is 5.41 Å². The first-order chi connectivity index (χ1) is 6.12. The van der Waals surface area contributed by atoms with Gasteiger partial charge in [-0.1, -0.05) is 30.7 Å². The fourth-order valence-electron chi connectivity index (χ4n) is 3.41. The Morgan fingerprint density at radius 1 is 1.08 bits per heavy atom. The molecule has 3 fully saturated rings. The van der Waals surface area contributed by atoms with E-state index >= 15 is 0 Å². The molecule has 1 aromatic carbocycles. The second kappa shape index (κ2) is 2.12. The van der Waals surface area contributed by atoms with Gasteiger partial charge in [-0.3, -0.25) is 0 Å². The molecule has 0 saturated heterocycles. The monoisotopic (exact) mass is 192 g/mol. The zero-order valence-electron chi connectivity index (χ0n) is 7.81. The Labute approximate surface area is 83.9 Å². The van der Waals surface area contributed by atoms with Gasteiger partial charge in [0.15, 0.2) is 0 Å². The Kier molecular flexibility index (Phi) is 1.28. The van der Waals surface area contributed by atoms with Crippen molar-refractivity contribution < 1.29 is 0 Å². The van der Waals surface area contributed by atoms with Gasteiger partial charge in [0, 0.05) is 5.02 Å². The summed E-state index contributed by atoms with van der Waals surface area (Å²) in [7, 11) is 0. The van der Waals surface area contributed by atoms with Crippen molar-refractivity contribution in [3.8, 4) is 0 Å². The highest BCUT2D eigenvalue weighted by molar-refractivity contribution is 6.30. The number of benzene rings is 1. The van der Waals surface area contributed by atoms with Crippen molar-refractivity contribution in [2.24, 2.45) is 5.41 Å². The third kappa shape index (κ3) is 0.927. The van der Waals surface area contributed by atoms with E-state index in [0.717, 1.165) is 5.02 Å². The molecule has 0 heterocycles. The van der Waals surface area contributed by atoms with Crippen molar-refractivity contribution in [3.05, 3.63) is 34.9 Å². The molecule has 3 aliphatic carbocycles. The molecule has 3 saturated carbocycles.